The highest BCUT2D eigenvalue weighted by Crippen LogP contribution is 2.54. The minimum atomic E-state index is -0.506. The lowest BCUT2D eigenvalue weighted by Gasteiger charge is -2.51. The van der Waals surface area contributed by atoms with E-state index in [4.69, 9.17) is 7.85 Å². The summed E-state index contributed by atoms with van der Waals surface area (Å²) in [6.45, 7) is 11.1. The second-order valence-electron chi connectivity index (χ2n) is 4.72. The Hall–Kier alpha value is 0.845. The molecule has 0 saturated carbocycles. The van der Waals surface area contributed by atoms with Gasteiger partial charge in [0.25, 0.3) is 0 Å². The fourth-order valence-electron chi connectivity index (χ4n) is 1.62. The zero-order chi connectivity index (χ0) is 10.9. The van der Waals surface area contributed by atoms with Gasteiger partial charge in [0.2, 0.25) is 0 Å². The van der Waals surface area contributed by atoms with Crippen LogP contribution in [0.4, 0.5) is 0 Å². The monoisotopic (exact) mass is 216 g/mol. The summed E-state index contributed by atoms with van der Waals surface area (Å²) in [5.41, 5.74) is 0.239. The first kappa shape index (κ1) is 13.8. The molecule has 0 aromatic heterocycles. The van der Waals surface area contributed by atoms with Gasteiger partial charge < -0.3 is 0 Å². The van der Waals surface area contributed by atoms with Crippen LogP contribution in [0.15, 0.2) is 0 Å². The molecule has 0 rings (SSSR count). The van der Waals surface area contributed by atoms with Crippen molar-refractivity contribution in [3.8, 4) is 0 Å². The molecule has 0 aliphatic heterocycles. The number of hydrogen-bond acceptors (Lipinski definition) is 1. The Morgan fingerprint density at radius 2 is 1.46 bits per heavy atom. The molecule has 0 aliphatic rings. The molecule has 0 nitrogen and oxygen atoms in total. The molecule has 0 N–H and O–H groups in total. The molecular formula is C10H22BPS. The van der Waals surface area contributed by atoms with Crippen LogP contribution in [-0.2, 0) is 0 Å². The Morgan fingerprint density at radius 3 is 1.54 bits per heavy atom. The van der Waals surface area contributed by atoms with Gasteiger partial charge in [0.15, 0.2) is 0 Å². The van der Waals surface area contributed by atoms with Crippen LogP contribution in [0.3, 0.4) is 0 Å². The third-order valence-electron chi connectivity index (χ3n) is 4.07. The molecule has 3 heteroatoms. The van der Waals surface area contributed by atoms with Crippen LogP contribution in [0.2, 0.25) is 0 Å². The molecule has 0 aromatic rings. The Labute approximate surface area is 92.7 Å². The van der Waals surface area contributed by atoms with Crippen LogP contribution in [0, 0.1) is 10.8 Å². The van der Waals surface area contributed by atoms with Crippen molar-refractivity contribution in [3.05, 3.63) is 0 Å². The molecule has 0 fully saturated rings. The minimum Gasteiger partial charge on any atom is -0.178 e. The smallest absolute Gasteiger partial charge is 0.0954 e. The summed E-state index contributed by atoms with van der Waals surface area (Å²) in [5, 5.41) is 0. The van der Waals surface area contributed by atoms with E-state index in [1.165, 1.54) is 0 Å². The molecule has 0 bridgehead atoms. The van der Waals surface area contributed by atoms with E-state index in [0.717, 1.165) is 12.8 Å². The Balaban J connectivity index is 5.00. The highest BCUT2D eigenvalue weighted by Gasteiger charge is 2.46. The third kappa shape index (κ3) is 2.45. The Morgan fingerprint density at radius 1 is 1.15 bits per heavy atom. The summed E-state index contributed by atoms with van der Waals surface area (Å²) >= 11 is 4.48. The molecule has 13 heavy (non-hydrogen) atoms. The predicted molar refractivity (Wildman–Crippen MR) is 69.7 cm³/mol. The maximum Gasteiger partial charge on any atom is 0.0954 e. The quantitative estimate of drug-likeness (QED) is 0.415. The lowest BCUT2D eigenvalue weighted by Crippen LogP contribution is -2.47. The van der Waals surface area contributed by atoms with Crippen molar-refractivity contribution < 1.29 is 0 Å². The van der Waals surface area contributed by atoms with E-state index in [1.807, 2.05) is 0 Å². The highest BCUT2D eigenvalue weighted by atomic mass is 32.1. The lowest BCUT2D eigenvalue weighted by atomic mass is 9.58. The van der Waals surface area contributed by atoms with Gasteiger partial charge in [0.1, 0.15) is 0 Å². The predicted octanol–water partition coefficient (Wildman–Crippen LogP) is 3.47. The van der Waals surface area contributed by atoms with E-state index in [0.29, 0.717) is 0 Å². The summed E-state index contributed by atoms with van der Waals surface area (Å²) in [7, 11) is 8.73. The molecule has 0 aliphatic carbocycles. The van der Waals surface area contributed by atoms with Gasteiger partial charge in [0, 0.05) is 0 Å². The van der Waals surface area contributed by atoms with E-state index in [9.17, 15) is 0 Å². The fourth-order valence-corrected chi connectivity index (χ4v) is 2.24. The van der Waals surface area contributed by atoms with Gasteiger partial charge in [-0.15, -0.1) is 9.24 Å². The van der Waals surface area contributed by atoms with Gasteiger partial charge in [-0.05, 0) is 15.2 Å². The van der Waals surface area contributed by atoms with Crippen molar-refractivity contribution in [3.63, 3.8) is 0 Å². The first-order valence-electron chi connectivity index (χ1n) is 4.92. The Bertz CT molecular complexity index is 168. The van der Waals surface area contributed by atoms with Crippen molar-refractivity contribution in [2.45, 2.75) is 51.8 Å². The van der Waals surface area contributed by atoms with Gasteiger partial charge in [0.05, 0.1) is 7.85 Å². The second-order valence-corrected chi connectivity index (χ2v) is 6.85. The summed E-state index contributed by atoms with van der Waals surface area (Å²) in [6.07, 6.45) is 2.26. The summed E-state index contributed by atoms with van der Waals surface area (Å²) < 4.78 is -0.506. The lowest BCUT2D eigenvalue weighted by molar-refractivity contribution is 0.0855. The molecule has 0 spiro atoms. The van der Waals surface area contributed by atoms with E-state index < -0.39 is 4.39 Å². The average molecular weight is 216 g/mol. The number of thiol groups is 1. The van der Waals surface area contributed by atoms with E-state index in [1.54, 1.807) is 0 Å². The van der Waals surface area contributed by atoms with Crippen LogP contribution in [-0.4, -0.2) is 12.2 Å². The highest BCUT2D eigenvalue weighted by molar-refractivity contribution is 7.88. The number of rotatable bonds is 4. The normalized spacial score (nSPS) is 18.4. The molecule has 0 amide bonds. The molecule has 0 heterocycles. The van der Waals surface area contributed by atoms with E-state index in [-0.39, 0.29) is 10.8 Å². The van der Waals surface area contributed by atoms with Crippen LogP contribution < -0.4 is 0 Å². The largest absolute Gasteiger partial charge is 0.178 e. The maximum atomic E-state index is 6.08. The molecule has 0 saturated heterocycles. The molecular weight excluding hydrogens is 194 g/mol. The topological polar surface area (TPSA) is 0 Å². The van der Waals surface area contributed by atoms with Crippen LogP contribution in [0.25, 0.3) is 0 Å². The van der Waals surface area contributed by atoms with E-state index in [2.05, 4.69) is 56.5 Å². The summed E-state index contributed by atoms with van der Waals surface area (Å²) in [5.74, 6) is 0. The summed E-state index contributed by atoms with van der Waals surface area (Å²) in [6, 6.07) is 0. The summed E-state index contributed by atoms with van der Waals surface area (Å²) in [4.78, 5) is 0. The number of hydrogen-bond donors (Lipinski definition) is 1. The van der Waals surface area contributed by atoms with Gasteiger partial charge in [-0.2, -0.15) is 12.6 Å². The maximum absolute atomic E-state index is 6.08. The van der Waals surface area contributed by atoms with Gasteiger partial charge in [-0.3, -0.25) is 0 Å². The van der Waals surface area contributed by atoms with Crippen molar-refractivity contribution in [2.24, 2.45) is 10.8 Å². The first-order chi connectivity index (χ1) is 5.62. The van der Waals surface area contributed by atoms with Crippen LogP contribution >= 0.6 is 21.9 Å². The molecule has 2 unspecified atom stereocenters. The molecule has 2 radical (unpaired) electrons. The molecule has 0 aromatic carbocycles. The zero-order valence-corrected chi connectivity index (χ0v) is 11.6. The Kier molecular flexibility index (Phi) is 4.42. The third-order valence-corrected chi connectivity index (χ3v) is 5.35. The average Bonchev–Trinajstić information content (AvgIpc) is 2.00. The van der Waals surface area contributed by atoms with Gasteiger partial charge >= 0.3 is 0 Å². The van der Waals surface area contributed by atoms with Crippen molar-refractivity contribution >= 4 is 29.7 Å². The second kappa shape index (κ2) is 4.15. The zero-order valence-electron chi connectivity index (χ0n) is 9.52. The van der Waals surface area contributed by atoms with Gasteiger partial charge in [-0.1, -0.05) is 47.5 Å². The van der Waals surface area contributed by atoms with Crippen molar-refractivity contribution in [2.75, 3.05) is 0 Å². The van der Waals surface area contributed by atoms with Gasteiger partial charge in [-0.25, -0.2) is 0 Å². The van der Waals surface area contributed by atoms with Crippen LogP contribution in [0.1, 0.15) is 47.5 Å². The van der Waals surface area contributed by atoms with Crippen LogP contribution in [0.5, 0.6) is 0 Å². The van der Waals surface area contributed by atoms with E-state index >= 15 is 0 Å². The molecule has 76 valence electrons. The molecule has 2 atom stereocenters. The minimum absolute atomic E-state index is 0.00270. The van der Waals surface area contributed by atoms with Crippen molar-refractivity contribution in [1.29, 1.82) is 0 Å². The standard InChI is InChI=1S/C10H22BPS/c1-6-9(5,7-2)8(3,4)10(11,12)13/h13H,6-7,12H2,1-5H3. The first-order valence-corrected chi connectivity index (χ1v) is 5.95. The van der Waals surface area contributed by atoms with Crippen molar-refractivity contribution in [1.82, 2.24) is 0 Å². The SMILES string of the molecule is [B]C(P)(S)C(C)(C)C(C)(CC)CC. The fraction of sp³-hybridized carbons (Fsp3) is 1.00.